The molecule has 0 spiro atoms. The third kappa shape index (κ3) is 2.63. The van der Waals surface area contributed by atoms with E-state index in [1.54, 1.807) is 0 Å². The maximum atomic E-state index is 13.3. The minimum absolute atomic E-state index is 0.232. The Kier molecular flexibility index (Phi) is 3.40. The van der Waals surface area contributed by atoms with E-state index in [2.05, 4.69) is 0 Å². The Hall–Kier alpha value is -2.68. The monoisotopic (exact) mass is 280 g/mol. The first-order valence-corrected chi connectivity index (χ1v) is 6.61. The van der Waals surface area contributed by atoms with Gasteiger partial charge in [-0.05, 0) is 36.6 Å². The molecule has 3 aromatic rings. The van der Waals surface area contributed by atoms with Gasteiger partial charge < -0.3 is 4.74 Å². The van der Waals surface area contributed by atoms with Gasteiger partial charge in [-0.25, -0.2) is 4.39 Å². The van der Waals surface area contributed by atoms with Gasteiger partial charge in [0.15, 0.2) is 5.78 Å². The molecular weight excluding hydrogens is 267 g/mol. The van der Waals surface area contributed by atoms with Crippen LogP contribution >= 0.6 is 0 Å². The topological polar surface area (TPSA) is 26.3 Å². The van der Waals surface area contributed by atoms with Gasteiger partial charge in [-0.1, -0.05) is 36.4 Å². The number of Topliss-reactive ketones (excluding diaryl/α,β-unsaturated/α-hetero) is 1. The van der Waals surface area contributed by atoms with Crippen LogP contribution in [0.25, 0.3) is 10.8 Å². The molecule has 21 heavy (non-hydrogen) atoms. The van der Waals surface area contributed by atoms with Crippen molar-refractivity contribution in [2.24, 2.45) is 0 Å². The van der Waals surface area contributed by atoms with Crippen LogP contribution in [0.2, 0.25) is 0 Å². The first kappa shape index (κ1) is 13.3. The number of carbonyl (C=O) groups is 1. The lowest BCUT2D eigenvalue weighted by Gasteiger charge is -2.11. The van der Waals surface area contributed by atoms with E-state index < -0.39 is 5.82 Å². The molecular formula is C18H13FO2. The molecule has 104 valence electrons. The highest BCUT2D eigenvalue weighted by Gasteiger charge is 2.12. The molecule has 0 unspecified atom stereocenters. The average Bonchev–Trinajstić information content (AvgIpc) is 2.49. The second-order valence-electron chi connectivity index (χ2n) is 4.78. The normalized spacial score (nSPS) is 10.6. The van der Waals surface area contributed by atoms with Gasteiger partial charge in [-0.15, -0.1) is 0 Å². The lowest BCUT2D eigenvalue weighted by molar-refractivity contribution is 0.101. The summed E-state index contributed by atoms with van der Waals surface area (Å²) in [5, 5.41) is 1.99. The van der Waals surface area contributed by atoms with E-state index in [4.69, 9.17) is 4.74 Å². The van der Waals surface area contributed by atoms with Crippen molar-refractivity contribution in [2.45, 2.75) is 6.92 Å². The van der Waals surface area contributed by atoms with Gasteiger partial charge in [0.2, 0.25) is 0 Å². The Morgan fingerprint density at radius 2 is 1.71 bits per heavy atom. The van der Waals surface area contributed by atoms with E-state index in [0.29, 0.717) is 11.5 Å². The molecule has 0 bridgehead atoms. The molecule has 0 saturated heterocycles. The number of halogens is 1. The van der Waals surface area contributed by atoms with Crippen molar-refractivity contribution in [3.8, 4) is 11.5 Å². The molecule has 0 aliphatic rings. The molecule has 0 radical (unpaired) electrons. The van der Waals surface area contributed by atoms with Crippen LogP contribution in [0, 0.1) is 5.82 Å². The number of ether oxygens (including phenoxy) is 1. The Morgan fingerprint density at radius 3 is 2.52 bits per heavy atom. The number of ketones is 1. The van der Waals surface area contributed by atoms with Crippen LogP contribution in [-0.4, -0.2) is 5.78 Å². The Balaban J connectivity index is 2.09. The van der Waals surface area contributed by atoms with Gasteiger partial charge in [0.1, 0.15) is 17.3 Å². The van der Waals surface area contributed by atoms with E-state index in [1.807, 2.05) is 42.5 Å². The quantitative estimate of drug-likeness (QED) is 0.633. The summed E-state index contributed by atoms with van der Waals surface area (Å²) >= 11 is 0. The summed E-state index contributed by atoms with van der Waals surface area (Å²) in [6.07, 6.45) is 0. The van der Waals surface area contributed by atoms with Crippen LogP contribution < -0.4 is 4.74 Å². The lowest BCUT2D eigenvalue weighted by atomic mass is 10.1. The highest BCUT2D eigenvalue weighted by atomic mass is 19.1. The highest BCUT2D eigenvalue weighted by molar-refractivity contribution is 5.97. The van der Waals surface area contributed by atoms with E-state index in [9.17, 15) is 9.18 Å². The zero-order valence-corrected chi connectivity index (χ0v) is 11.5. The van der Waals surface area contributed by atoms with Crippen LogP contribution in [0.1, 0.15) is 17.3 Å². The maximum Gasteiger partial charge on any atom is 0.163 e. The number of fused-ring (bicyclic) bond motifs is 1. The smallest absolute Gasteiger partial charge is 0.163 e. The van der Waals surface area contributed by atoms with Crippen LogP contribution in [0.3, 0.4) is 0 Å². The molecule has 3 rings (SSSR count). The van der Waals surface area contributed by atoms with Crippen molar-refractivity contribution in [3.05, 3.63) is 72.0 Å². The molecule has 3 heteroatoms. The zero-order chi connectivity index (χ0) is 14.8. The molecule has 0 aliphatic heterocycles. The molecule has 0 heterocycles. The van der Waals surface area contributed by atoms with Crippen LogP contribution in [0.4, 0.5) is 4.39 Å². The fourth-order valence-corrected chi connectivity index (χ4v) is 2.27. The molecule has 0 fully saturated rings. The highest BCUT2D eigenvalue weighted by Crippen LogP contribution is 2.32. The van der Waals surface area contributed by atoms with Crippen molar-refractivity contribution in [1.82, 2.24) is 0 Å². The summed E-state index contributed by atoms with van der Waals surface area (Å²) in [7, 11) is 0. The minimum atomic E-state index is -0.453. The number of benzene rings is 3. The summed E-state index contributed by atoms with van der Waals surface area (Å²) < 4.78 is 19.1. The predicted octanol–water partition coefficient (Wildman–Crippen LogP) is 4.97. The molecule has 0 aliphatic carbocycles. The van der Waals surface area contributed by atoms with Crippen LogP contribution in [0.5, 0.6) is 11.5 Å². The largest absolute Gasteiger partial charge is 0.456 e. The SMILES string of the molecule is CC(=O)c1cc(F)ccc1Oc1cccc2ccccc12. The summed E-state index contributed by atoms with van der Waals surface area (Å²) in [6, 6.07) is 17.5. The van der Waals surface area contributed by atoms with Crippen LogP contribution in [0.15, 0.2) is 60.7 Å². The minimum Gasteiger partial charge on any atom is -0.456 e. The average molecular weight is 280 g/mol. The number of carbonyl (C=O) groups excluding carboxylic acids is 1. The molecule has 3 aromatic carbocycles. The van der Waals surface area contributed by atoms with Gasteiger partial charge in [0, 0.05) is 5.39 Å². The molecule has 0 N–H and O–H groups in total. The molecule has 2 nitrogen and oxygen atoms in total. The fourth-order valence-electron chi connectivity index (χ4n) is 2.27. The number of rotatable bonds is 3. The molecule has 0 saturated carbocycles. The first-order chi connectivity index (χ1) is 10.1. The predicted molar refractivity (Wildman–Crippen MR) is 80.4 cm³/mol. The third-order valence-corrected chi connectivity index (χ3v) is 3.29. The summed E-state index contributed by atoms with van der Waals surface area (Å²) in [4.78, 5) is 11.6. The van der Waals surface area contributed by atoms with Crippen molar-refractivity contribution in [1.29, 1.82) is 0 Å². The Labute approximate surface area is 121 Å². The van der Waals surface area contributed by atoms with Gasteiger partial charge in [0.25, 0.3) is 0 Å². The van der Waals surface area contributed by atoms with Crippen LogP contribution in [-0.2, 0) is 0 Å². The fraction of sp³-hybridized carbons (Fsp3) is 0.0556. The van der Waals surface area contributed by atoms with Gasteiger partial charge in [-0.3, -0.25) is 4.79 Å². The van der Waals surface area contributed by atoms with Crippen molar-refractivity contribution in [3.63, 3.8) is 0 Å². The lowest BCUT2D eigenvalue weighted by Crippen LogP contribution is -1.98. The van der Waals surface area contributed by atoms with E-state index >= 15 is 0 Å². The molecule has 0 amide bonds. The zero-order valence-electron chi connectivity index (χ0n) is 11.5. The summed E-state index contributed by atoms with van der Waals surface area (Å²) in [5.41, 5.74) is 0.239. The summed E-state index contributed by atoms with van der Waals surface area (Å²) in [6.45, 7) is 1.39. The van der Waals surface area contributed by atoms with E-state index in [-0.39, 0.29) is 11.3 Å². The Bertz CT molecular complexity index is 819. The second-order valence-corrected chi connectivity index (χ2v) is 4.78. The van der Waals surface area contributed by atoms with Crippen molar-refractivity contribution in [2.75, 3.05) is 0 Å². The maximum absolute atomic E-state index is 13.3. The second kappa shape index (κ2) is 5.37. The first-order valence-electron chi connectivity index (χ1n) is 6.61. The third-order valence-electron chi connectivity index (χ3n) is 3.29. The van der Waals surface area contributed by atoms with E-state index in [1.165, 1.54) is 25.1 Å². The van der Waals surface area contributed by atoms with Gasteiger partial charge in [0.05, 0.1) is 5.56 Å². The standard InChI is InChI=1S/C18H13FO2/c1-12(20)16-11-14(19)9-10-18(16)21-17-8-4-6-13-5-2-3-7-15(13)17/h2-11H,1H3. The van der Waals surface area contributed by atoms with Gasteiger partial charge >= 0.3 is 0 Å². The summed E-state index contributed by atoms with van der Waals surface area (Å²) in [5.74, 6) is 0.317. The number of hydrogen-bond acceptors (Lipinski definition) is 2. The molecule has 0 atom stereocenters. The van der Waals surface area contributed by atoms with Crippen molar-refractivity contribution < 1.29 is 13.9 Å². The molecule has 0 aromatic heterocycles. The van der Waals surface area contributed by atoms with Gasteiger partial charge in [-0.2, -0.15) is 0 Å². The van der Waals surface area contributed by atoms with Crippen molar-refractivity contribution >= 4 is 16.6 Å². The number of hydrogen-bond donors (Lipinski definition) is 0. The van der Waals surface area contributed by atoms with E-state index in [0.717, 1.165) is 10.8 Å². The Morgan fingerprint density at radius 1 is 0.952 bits per heavy atom.